The normalized spacial score (nSPS) is 19.7. The average molecular weight is 436 g/mol. The van der Waals surface area contributed by atoms with E-state index in [9.17, 15) is 13.2 Å². The molecule has 1 aromatic carbocycles. The molecule has 0 saturated heterocycles. The first kappa shape index (κ1) is 23.2. The molecule has 0 atom stereocenters. The molecule has 0 aliphatic heterocycles. The Balaban J connectivity index is 1.56. The van der Waals surface area contributed by atoms with Crippen LogP contribution in [0.1, 0.15) is 70.6 Å². The predicted octanol–water partition coefficient (Wildman–Crippen LogP) is 4.23. The third kappa shape index (κ3) is 6.05. The van der Waals surface area contributed by atoms with Gasteiger partial charge in [-0.25, -0.2) is 8.42 Å². The molecule has 168 valence electrons. The molecule has 2 fully saturated rings. The number of anilines is 1. The van der Waals surface area contributed by atoms with Crippen molar-refractivity contribution in [2.45, 2.75) is 87.6 Å². The van der Waals surface area contributed by atoms with Gasteiger partial charge in [-0.1, -0.05) is 44.9 Å². The van der Waals surface area contributed by atoms with Crippen LogP contribution in [0.3, 0.4) is 0 Å². The molecule has 0 bridgehead atoms. The van der Waals surface area contributed by atoms with Crippen molar-refractivity contribution in [3.63, 3.8) is 0 Å². The van der Waals surface area contributed by atoms with E-state index >= 15 is 0 Å². The van der Waals surface area contributed by atoms with E-state index in [-0.39, 0.29) is 16.8 Å². The molecule has 0 heterocycles. The number of rotatable bonds is 7. The fourth-order valence-corrected chi connectivity index (χ4v) is 6.19. The number of carbonyl (C=O) groups excluding carboxylic acids is 1. The van der Waals surface area contributed by atoms with Crippen LogP contribution in [0.4, 0.5) is 5.69 Å². The number of sulfonamides is 1. The van der Waals surface area contributed by atoms with Gasteiger partial charge in [0.05, 0.1) is 11.4 Å². The Morgan fingerprint density at radius 3 is 1.93 bits per heavy atom. The maximum Gasteiger partial charge on any atom is 0.243 e. The first-order chi connectivity index (χ1) is 14.4. The zero-order valence-electron chi connectivity index (χ0n) is 18.5. The third-order valence-corrected chi connectivity index (χ3v) is 8.67. The summed E-state index contributed by atoms with van der Waals surface area (Å²) in [5, 5.41) is 2.91. The number of hydrogen-bond acceptors (Lipinski definition) is 4. The van der Waals surface area contributed by atoms with E-state index in [1.165, 1.54) is 36.4 Å². The van der Waals surface area contributed by atoms with Gasteiger partial charge in [0.15, 0.2) is 0 Å². The van der Waals surface area contributed by atoms with Crippen LogP contribution in [0.15, 0.2) is 29.2 Å². The van der Waals surface area contributed by atoms with Crippen molar-refractivity contribution < 1.29 is 13.2 Å². The molecule has 1 N–H and O–H groups in total. The highest BCUT2D eigenvalue weighted by molar-refractivity contribution is 7.89. The Morgan fingerprint density at radius 2 is 1.37 bits per heavy atom. The lowest BCUT2D eigenvalue weighted by Gasteiger charge is -2.30. The monoisotopic (exact) mass is 435 g/mol. The molecular formula is C23H37N3O3S. The molecule has 1 aromatic rings. The summed E-state index contributed by atoms with van der Waals surface area (Å²) in [7, 11) is 0.197. The summed E-state index contributed by atoms with van der Waals surface area (Å²) in [6.07, 6.45) is 12.6. The van der Waals surface area contributed by atoms with E-state index < -0.39 is 10.0 Å². The van der Waals surface area contributed by atoms with Crippen LogP contribution >= 0.6 is 0 Å². The van der Waals surface area contributed by atoms with Crippen molar-refractivity contribution in [2.75, 3.05) is 26.0 Å². The molecule has 0 unspecified atom stereocenters. The highest BCUT2D eigenvalue weighted by Crippen LogP contribution is 2.27. The smallest absolute Gasteiger partial charge is 0.243 e. The van der Waals surface area contributed by atoms with Crippen molar-refractivity contribution in [1.82, 2.24) is 9.21 Å². The van der Waals surface area contributed by atoms with E-state index in [1.807, 2.05) is 7.05 Å². The zero-order chi connectivity index (χ0) is 21.6. The Morgan fingerprint density at radius 1 is 0.867 bits per heavy atom. The van der Waals surface area contributed by atoms with Gasteiger partial charge < -0.3 is 5.32 Å². The average Bonchev–Trinajstić information content (AvgIpc) is 3.04. The lowest BCUT2D eigenvalue weighted by Crippen LogP contribution is -2.38. The predicted molar refractivity (Wildman–Crippen MR) is 121 cm³/mol. The molecule has 3 rings (SSSR count). The second-order valence-electron chi connectivity index (χ2n) is 8.95. The van der Waals surface area contributed by atoms with Gasteiger partial charge in [-0.3, -0.25) is 9.69 Å². The quantitative estimate of drug-likeness (QED) is 0.651. The van der Waals surface area contributed by atoms with Crippen LogP contribution in [0.2, 0.25) is 0 Å². The highest BCUT2D eigenvalue weighted by atomic mass is 32.2. The lowest BCUT2D eigenvalue weighted by molar-refractivity contribution is -0.117. The maximum atomic E-state index is 12.9. The van der Waals surface area contributed by atoms with E-state index in [4.69, 9.17) is 0 Å². The molecular weight excluding hydrogens is 398 g/mol. The summed E-state index contributed by atoms with van der Waals surface area (Å²) in [6, 6.07) is 7.12. The SMILES string of the molecule is CN(CC(=O)Nc1ccc(S(=O)(=O)N(C)C2CCCCC2)cc1)C1CCCCCC1. The molecule has 1 amide bonds. The second-order valence-corrected chi connectivity index (χ2v) is 10.9. The molecule has 0 aromatic heterocycles. The number of carbonyl (C=O) groups is 1. The molecule has 0 radical (unpaired) electrons. The van der Waals surface area contributed by atoms with Crippen molar-refractivity contribution in [3.05, 3.63) is 24.3 Å². The number of nitrogens with zero attached hydrogens (tertiary/aromatic N) is 2. The minimum absolute atomic E-state index is 0.0586. The van der Waals surface area contributed by atoms with Crippen molar-refractivity contribution >= 4 is 21.6 Å². The lowest BCUT2D eigenvalue weighted by atomic mass is 9.96. The van der Waals surface area contributed by atoms with Gasteiger partial charge in [-0.2, -0.15) is 4.31 Å². The van der Waals surface area contributed by atoms with Crippen LogP contribution in [-0.4, -0.2) is 56.3 Å². The fraction of sp³-hybridized carbons (Fsp3) is 0.696. The Labute approximate surface area is 182 Å². The van der Waals surface area contributed by atoms with E-state index in [0.717, 1.165) is 38.5 Å². The van der Waals surface area contributed by atoms with Crippen LogP contribution in [0, 0.1) is 0 Å². The van der Waals surface area contributed by atoms with Gasteiger partial charge >= 0.3 is 0 Å². The van der Waals surface area contributed by atoms with Crippen molar-refractivity contribution in [1.29, 1.82) is 0 Å². The number of nitrogens with one attached hydrogen (secondary N) is 1. The van der Waals surface area contributed by atoms with E-state index in [0.29, 0.717) is 18.3 Å². The molecule has 2 aliphatic rings. The van der Waals surface area contributed by atoms with Gasteiger partial charge in [0.1, 0.15) is 0 Å². The summed E-state index contributed by atoms with van der Waals surface area (Å²) in [4.78, 5) is 14.9. The number of hydrogen-bond donors (Lipinski definition) is 1. The second kappa shape index (κ2) is 10.7. The minimum atomic E-state index is -3.51. The zero-order valence-corrected chi connectivity index (χ0v) is 19.3. The molecule has 2 saturated carbocycles. The summed E-state index contributed by atoms with van der Waals surface area (Å²) in [6.45, 7) is 0.356. The number of benzene rings is 1. The summed E-state index contributed by atoms with van der Waals surface area (Å²) >= 11 is 0. The number of likely N-dealkylation sites (N-methyl/N-ethyl adjacent to an activating group) is 1. The third-order valence-electron chi connectivity index (χ3n) is 6.75. The van der Waals surface area contributed by atoms with Gasteiger partial charge in [-0.15, -0.1) is 0 Å². The minimum Gasteiger partial charge on any atom is -0.325 e. The van der Waals surface area contributed by atoms with E-state index in [1.54, 1.807) is 31.3 Å². The highest BCUT2D eigenvalue weighted by Gasteiger charge is 2.29. The largest absolute Gasteiger partial charge is 0.325 e. The molecule has 6 nitrogen and oxygen atoms in total. The van der Waals surface area contributed by atoms with Gasteiger partial charge in [0.25, 0.3) is 0 Å². The van der Waals surface area contributed by atoms with Crippen LogP contribution < -0.4 is 5.32 Å². The van der Waals surface area contributed by atoms with E-state index in [2.05, 4.69) is 10.2 Å². The fourth-order valence-electron chi connectivity index (χ4n) is 4.77. The molecule has 30 heavy (non-hydrogen) atoms. The van der Waals surface area contributed by atoms with Gasteiger partial charge in [0, 0.05) is 24.8 Å². The standard InChI is InChI=1S/C23H37N3O3S/c1-25(20-10-6-3-4-7-11-20)18-23(27)24-19-14-16-22(17-15-19)30(28,29)26(2)21-12-8-5-9-13-21/h14-17,20-21H,3-13,18H2,1-2H3,(H,24,27). The van der Waals surface area contributed by atoms with Gasteiger partial charge in [0.2, 0.25) is 15.9 Å². The van der Waals surface area contributed by atoms with Crippen molar-refractivity contribution in [2.24, 2.45) is 0 Å². The van der Waals surface area contributed by atoms with Gasteiger partial charge in [-0.05, 0) is 57.0 Å². The summed E-state index contributed by atoms with van der Waals surface area (Å²) in [5.74, 6) is -0.0586. The Kier molecular flexibility index (Phi) is 8.31. The van der Waals surface area contributed by atoms with Crippen molar-refractivity contribution in [3.8, 4) is 0 Å². The van der Waals surface area contributed by atoms with Crippen LogP contribution in [0.25, 0.3) is 0 Å². The summed E-state index contributed by atoms with van der Waals surface area (Å²) < 4.78 is 27.4. The Hall–Kier alpha value is -1.44. The first-order valence-corrected chi connectivity index (χ1v) is 12.9. The molecule has 2 aliphatic carbocycles. The summed E-state index contributed by atoms with van der Waals surface area (Å²) in [5.41, 5.74) is 0.633. The Bertz CT molecular complexity index is 780. The number of amides is 1. The van der Waals surface area contributed by atoms with Crippen LogP contribution in [0.5, 0.6) is 0 Å². The topological polar surface area (TPSA) is 69.7 Å². The first-order valence-electron chi connectivity index (χ1n) is 11.5. The molecule has 7 heteroatoms. The molecule has 0 spiro atoms. The maximum absolute atomic E-state index is 12.9. The van der Waals surface area contributed by atoms with Crippen LogP contribution in [-0.2, 0) is 14.8 Å².